The summed E-state index contributed by atoms with van der Waals surface area (Å²) < 4.78 is 87.4. The quantitative estimate of drug-likeness (QED) is 0.435. The van der Waals surface area contributed by atoms with Crippen molar-refractivity contribution in [2.24, 2.45) is 0 Å². The molecular formula is C22H25F6N5O2. The van der Waals surface area contributed by atoms with Crippen LogP contribution in [0.15, 0.2) is 24.5 Å². The highest BCUT2D eigenvalue weighted by Crippen LogP contribution is 2.39. The summed E-state index contributed by atoms with van der Waals surface area (Å²) in [5, 5.41) is 19.8. The summed E-state index contributed by atoms with van der Waals surface area (Å²) in [6, 6.07) is 1.98. The Kier molecular flexibility index (Phi) is 6.29. The molecule has 1 aliphatic heterocycles. The summed E-state index contributed by atoms with van der Waals surface area (Å²) in [5.41, 5.74) is -3.67. The van der Waals surface area contributed by atoms with Gasteiger partial charge in [0.25, 0.3) is 0 Å². The first-order valence-electron chi connectivity index (χ1n) is 11.0. The number of aromatic amines is 1. The van der Waals surface area contributed by atoms with Crippen LogP contribution in [0.2, 0.25) is 0 Å². The molecule has 1 fully saturated rings. The topological polar surface area (TPSA) is 88.0 Å². The van der Waals surface area contributed by atoms with E-state index in [1.165, 1.54) is 17.0 Å². The summed E-state index contributed by atoms with van der Waals surface area (Å²) in [7, 11) is 0. The first-order valence-corrected chi connectivity index (χ1v) is 11.0. The molecule has 0 unspecified atom stereocenters. The summed E-state index contributed by atoms with van der Waals surface area (Å²) in [6.45, 7) is 5.12. The minimum absolute atomic E-state index is 0.0345. The number of aromatic nitrogens is 4. The molecule has 3 aromatic rings. The molecule has 4 rings (SSSR count). The van der Waals surface area contributed by atoms with Crippen molar-refractivity contribution in [1.29, 1.82) is 0 Å². The highest BCUT2D eigenvalue weighted by molar-refractivity contribution is 5.81. The Morgan fingerprint density at radius 2 is 1.86 bits per heavy atom. The van der Waals surface area contributed by atoms with Crippen LogP contribution in [0.3, 0.4) is 0 Å². The maximum Gasteiger partial charge on any atom is 0.435 e. The van der Waals surface area contributed by atoms with Crippen LogP contribution in [0.25, 0.3) is 11.0 Å². The summed E-state index contributed by atoms with van der Waals surface area (Å²) in [4.78, 5) is 4.09. The molecule has 7 nitrogen and oxygen atoms in total. The number of nitrogens with one attached hydrogen (secondary N) is 2. The molecule has 3 atom stereocenters. The molecule has 0 aliphatic carbocycles. The molecule has 3 heterocycles. The van der Waals surface area contributed by atoms with Crippen LogP contribution in [0.4, 0.5) is 26.3 Å². The standard InChI is InChI=1S/C22H25F6N5O2/c1-11(2)33-10-29-16-5-14(4-15(19(16)33)21(23,24)25)35-9-13-8-20(34,7-12(3)30-13)17-6-18(32-31-17)22(26,27)28/h4-6,10-13,30,34H,7-9H2,1-3H3,(H,31,32)/t12-,13-,20-/m0/s1. The maximum absolute atomic E-state index is 13.8. The lowest BCUT2D eigenvalue weighted by Crippen LogP contribution is -2.53. The van der Waals surface area contributed by atoms with Gasteiger partial charge in [-0.2, -0.15) is 31.4 Å². The molecule has 3 N–H and O–H groups in total. The third-order valence-electron chi connectivity index (χ3n) is 6.07. The molecular weight excluding hydrogens is 480 g/mol. The molecule has 0 amide bonds. The number of rotatable bonds is 5. The molecule has 1 saturated heterocycles. The molecule has 0 bridgehead atoms. The lowest BCUT2D eigenvalue weighted by molar-refractivity contribution is -0.141. The third-order valence-corrected chi connectivity index (χ3v) is 6.07. The number of ether oxygens (including phenoxy) is 1. The molecule has 192 valence electrons. The van der Waals surface area contributed by atoms with Gasteiger partial charge in [-0.05, 0) is 39.3 Å². The van der Waals surface area contributed by atoms with Gasteiger partial charge in [-0.3, -0.25) is 5.10 Å². The summed E-state index contributed by atoms with van der Waals surface area (Å²) in [6.07, 6.45) is -7.88. The van der Waals surface area contributed by atoms with Gasteiger partial charge in [0, 0.05) is 30.6 Å². The number of imidazole rings is 1. The first-order chi connectivity index (χ1) is 16.2. The van der Waals surface area contributed by atoms with E-state index in [-0.39, 0.29) is 54.0 Å². The van der Waals surface area contributed by atoms with Crippen LogP contribution < -0.4 is 10.1 Å². The van der Waals surface area contributed by atoms with Crippen molar-refractivity contribution in [3.8, 4) is 5.75 Å². The second-order valence-electron chi connectivity index (χ2n) is 9.26. The number of alkyl halides is 6. The molecule has 2 aromatic heterocycles. The van der Waals surface area contributed by atoms with Crippen molar-refractivity contribution in [2.75, 3.05) is 6.61 Å². The van der Waals surface area contributed by atoms with E-state index in [0.717, 1.165) is 12.1 Å². The van der Waals surface area contributed by atoms with Crippen LogP contribution in [0, 0.1) is 0 Å². The van der Waals surface area contributed by atoms with Gasteiger partial charge in [0.2, 0.25) is 0 Å². The number of nitrogens with zero attached hydrogens (tertiary/aromatic N) is 3. The van der Waals surface area contributed by atoms with Gasteiger partial charge in [0.05, 0.1) is 28.6 Å². The Hall–Kier alpha value is -2.80. The van der Waals surface area contributed by atoms with E-state index in [1.54, 1.807) is 20.8 Å². The fourth-order valence-electron chi connectivity index (χ4n) is 4.58. The lowest BCUT2D eigenvalue weighted by atomic mass is 9.82. The lowest BCUT2D eigenvalue weighted by Gasteiger charge is -2.40. The average molecular weight is 505 g/mol. The zero-order chi connectivity index (χ0) is 25.8. The smallest absolute Gasteiger partial charge is 0.435 e. The average Bonchev–Trinajstić information content (AvgIpc) is 3.38. The monoisotopic (exact) mass is 505 g/mol. The van der Waals surface area contributed by atoms with Crippen molar-refractivity contribution >= 4 is 11.0 Å². The fourth-order valence-corrected chi connectivity index (χ4v) is 4.58. The predicted octanol–water partition coefficient (Wildman–Crippen LogP) is 4.79. The number of piperidine rings is 1. The summed E-state index contributed by atoms with van der Waals surface area (Å²) >= 11 is 0. The van der Waals surface area contributed by atoms with E-state index in [1.807, 2.05) is 0 Å². The number of benzene rings is 1. The molecule has 13 heteroatoms. The molecule has 0 radical (unpaired) electrons. The van der Waals surface area contributed by atoms with E-state index in [9.17, 15) is 31.4 Å². The highest BCUT2D eigenvalue weighted by atomic mass is 19.4. The van der Waals surface area contributed by atoms with E-state index < -0.39 is 35.3 Å². The highest BCUT2D eigenvalue weighted by Gasteiger charge is 2.43. The second-order valence-corrected chi connectivity index (χ2v) is 9.26. The number of hydrogen-bond acceptors (Lipinski definition) is 5. The van der Waals surface area contributed by atoms with E-state index in [2.05, 4.69) is 20.5 Å². The van der Waals surface area contributed by atoms with Crippen molar-refractivity contribution < 1.29 is 36.2 Å². The Balaban J connectivity index is 1.56. The zero-order valence-corrected chi connectivity index (χ0v) is 19.1. The third kappa shape index (κ3) is 5.10. The van der Waals surface area contributed by atoms with Gasteiger partial charge >= 0.3 is 12.4 Å². The van der Waals surface area contributed by atoms with Crippen LogP contribution in [0.1, 0.15) is 56.6 Å². The minimum atomic E-state index is -4.66. The van der Waals surface area contributed by atoms with Crippen molar-refractivity contribution in [3.05, 3.63) is 41.5 Å². The number of fused-ring (bicyclic) bond motifs is 1. The number of halogens is 6. The Morgan fingerprint density at radius 3 is 2.46 bits per heavy atom. The Bertz CT molecular complexity index is 1200. The molecule has 1 aliphatic rings. The predicted molar refractivity (Wildman–Crippen MR) is 114 cm³/mol. The Labute approximate surface area is 196 Å². The van der Waals surface area contributed by atoms with Gasteiger partial charge in [0.15, 0.2) is 5.69 Å². The normalized spacial score (nSPS) is 23.9. The van der Waals surface area contributed by atoms with Crippen LogP contribution >= 0.6 is 0 Å². The van der Waals surface area contributed by atoms with E-state index in [4.69, 9.17) is 4.74 Å². The number of hydrogen-bond donors (Lipinski definition) is 3. The largest absolute Gasteiger partial charge is 0.492 e. The van der Waals surface area contributed by atoms with Gasteiger partial charge in [-0.1, -0.05) is 0 Å². The first kappa shape index (κ1) is 25.3. The summed E-state index contributed by atoms with van der Waals surface area (Å²) in [5.74, 6) is -0.0525. The van der Waals surface area contributed by atoms with Crippen LogP contribution in [0.5, 0.6) is 5.75 Å². The second kappa shape index (κ2) is 8.70. The minimum Gasteiger partial charge on any atom is -0.492 e. The number of H-pyrrole nitrogens is 1. The van der Waals surface area contributed by atoms with Gasteiger partial charge < -0.3 is 19.7 Å². The van der Waals surface area contributed by atoms with Crippen LogP contribution in [-0.2, 0) is 18.0 Å². The molecule has 0 spiro atoms. The van der Waals surface area contributed by atoms with E-state index in [0.29, 0.717) is 0 Å². The fraction of sp³-hybridized carbons (Fsp3) is 0.545. The van der Waals surface area contributed by atoms with Crippen LogP contribution in [-0.4, -0.2) is 43.5 Å². The zero-order valence-electron chi connectivity index (χ0n) is 19.1. The molecule has 0 saturated carbocycles. The van der Waals surface area contributed by atoms with Crippen molar-refractivity contribution in [2.45, 2.75) is 69.7 Å². The van der Waals surface area contributed by atoms with E-state index >= 15 is 0 Å². The van der Waals surface area contributed by atoms with Gasteiger partial charge in [0.1, 0.15) is 18.0 Å². The van der Waals surface area contributed by atoms with Gasteiger partial charge in [-0.15, -0.1) is 0 Å². The molecule has 35 heavy (non-hydrogen) atoms. The van der Waals surface area contributed by atoms with Crippen molar-refractivity contribution in [3.63, 3.8) is 0 Å². The van der Waals surface area contributed by atoms with Gasteiger partial charge in [-0.25, -0.2) is 4.98 Å². The molecule has 1 aromatic carbocycles. The Morgan fingerprint density at radius 1 is 1.14 bits per heavy atom. The maximum atomic E-state index is 13.8. The SMILES string of the molecule is CC(C)n1cnc2cc(OC[C@@H]3C[C@](O)(c4cc(C(F)(F)F)n[nH]4)C[C@H](C)N3)cc(C(F)(F)F)c21. The number of aliphatic hydroxyl groups is 1. The van der Waals surface area contributed by atoms with Crippen molar-refractivity contribution in [1.82, 2.24) is 25.1 Å².